The summed E-state index contributed by atoms with van der Waals surface area (Å²) in [5.41, 5.74) is 0. The molecule has 0 saturated carbocycles. The van der Waals surface area contributed by atoms with Crippen molar-refractivity contribution in [2.45, 2.75) is 31.7 Å². The molecule has 1 fully saturated rings. The molecular weight excluding hydrogens is 342 g/mol. The lowest BCUT2D eigenvalue weighted by Crippen LogP contribution is -2.35. The number of thiophene rings is 2. The van der Waals surface area contributed by atoms with Gasteiger partial charge < -0.3 is 4.90 Å². The summed E-state index contributed by atoms with van der Waals surface area (Å²) in [5, 5.41) is 3.12. The third-order valence-electron chi connectivity index (χ3n) is 3.66. The van der Waals surface area contributed by atoms with Crippen LogP contribution in [-0.2, 0) is 0 Å². The van der Waals surface area contributed by atoms with Gasteiger partial charge >= 0.3 is 0 Å². The van der Waals surface area contributed by atoms with Gasteiger partial charge in [0, 0.05) is 27.3 Å². The molecule has 1 unspecified atom stereocenters. The van der Waals surface area contributed by atoms with Crippen LogP contribution >= 0.6 is 38.6 Å². The first-order valence-corrected chi connectivity index (χ1v) is 9.45. The van der Waals surface area contributed by atoms with Crippen molar-refractivity contribution in [3.05, 3.63) is 22.4 Å². The fraction of sp³-hybridized carbons (Fsp3) is 0.500. The number of rotatable bonds is 4. The second-order valence-electron chi connectivity index (χ2n) is 4.89. The van der Waals surface area contributed by atoms with Crippen LogP contribution in [0, 0.1) is 0 Å². The largest absolute Gasteiger partial charge is 0.335 e. The molecule has 0 aliphatic carbocycles. The number of alkyl halides is 1. The Morgan fingerprint density at radius 1 is 1.47 bits per heavy atom. The van der Waals surface area contributed by atoms with Crippen molar-refractivity contribution in [2.24, 2.45) is 0 Å². The minimum atomic E-state index is 0.241. The average Bonchev–Trinajstić information content (AvgIpc) is 3.09. The number of fused-ring (bicyclic) bond motifs is 1. The summed E-state index contributed by atoms with van der Waals surface area (Å²) >= 11 is 6.83. The van der Waals surface area contributed by atoms with Crippen molar-refractivity contribution >= 4 is 53.9 Å². The van der Waals surface area contributed by atoms with Crippen LogP contribution in [0.25, 0.3) is 9.40 Å². The predicted octanol–water partition coefficient (Wildman–Crippen LogP) is 4.74. The number of carbonyl (C=O) groups is 1. The molecule has 0 bridgehead atoms. The lowest BCUT2D eigenvalue weighted by molar-refractivity contribution is 0.0735. The van der Waals surface area contributed by atoms with Crippen molar-refractivity contribution in [2.75, 3.05) is 11.9 Å². The van der Waals surface area contributed by atoms with Crippen molar-refractivity contribution in [1.29, 1.82) is 0 Å². The number of hydrogen-bond acceptors (Lipinski definition) is 3. The molecule has 2 nitrogen and oxygen atoms in total. The average molecular weight is 358 g/mol. The van der Waals surface area contributed by atoms with Crippen molar-refractivity contribution in [3.8, 4) is 0 Å². The van der Waals surface area contributed by atoms with Gasteiger partial charge in [-0.15, -0.1) is 22.7 Å². The molecule has 0 radical (unpaired) electrons. The van der Waals surface area contributed by atoms with Crippen LogP contribution in [-0.4, -0.2) is 28.7 Å². The van der Waals surface area contributed by atoms with Gasteiger partial charge in [-0.05, 0) is 43.2 Å². The van der Waals surface area contributed by atoms with Crippen LogP contribution in [0.4, 0.5) is 0 Å². The van der Waals surface area contributed by atoms with E-state index in [0.29, 0.717) is 6.04 Å². The molecule has 1 amide bonds. The summed E-state index contributed by atoms with van der Waals surface area (Å²) in [6.45, 7) is 0.928. The predicted molar refractivity (Wildman–Crippen MR) is 86.8 cm³/mol. The molecule has 3 rings (SSSR count). The van der Waals surface area contributed by atoms with Gasteiger partial charge in [0.2, 0.25) is 0 Å². The van der Waals surface area contributed by atoms with E-state index >= 15 is 0 Å². The van der Waals surface area contributed by atoms with E-state index in [1.54, 1.807) is 22.7 Å². The molecule has 0 aromatic carbocycles. The lowest BCUT2D eigenvalue weighted by atomic mass is 10.1. The molecule has 2 aromatic heterocycles. The van der Waals surface area contributed by atoms with Crippen molar-refractivity contribution < 1.29 is 4.79 Å². The molecule has 3 heterocycles. The van der Waals surface area contributed by atoms with E-state index in [-0.39, 0.29) is 5.91 Å². The second kappa shape index (κ2) is 5.94. The monoisotopic (exact) mass is 357 g/mol. The standard InChI is InChI=1S/C14H16BrNOS2/c15-6-1-3-10-4-2-7-16(10)14(17)13-9-12-11(19-13)5-8-18-12/h5,8-10H,1-4,6-7H2. The van der Waals surface area contributed by atoms with Gasteiger partial charge in [0.1, 0.15) is 0 Å². The van der Waals surface area contributed by atoms with Crippen LogP contribution in [0.1, 0.15) is 35.4 Å². The zero-order chi connectivity index (χ0) is 13.2. The Morgan fingerprint density at radius 2 is 2.37 bits per heavy atom. The third kappa shape index (κ3) is 2.73. The number of likely N-dealkylation sites (tertiary alicyclic amines) is 1. The summed E-state index contributed by atoms with van der Waals surface area (Å²) < 4.78 is 2.48. The Bertz CT molecular complexity index is 548. The van der Waals surface area contributed by atoms with Crippen LogP contribution in [0.5, 0.6) is 0 Å². The Hall–Kier alpha value is -0.390. The molecule has 1 atom stereocenters. The van der Waals surface area contributed by atoms with Gasteiger partial charge in [-0.1, -0.05) is 15.9 Å². The zero-order valence-corrected chi connectivity index (χ0v) is 13.8. The van der Waals surface area contributed by atoms with E-state index in [9.17, 15) is 4.79 Å². The molecule has 1 saturated heterocycles. The molecule has 1 aliphatic rings. The first kappa shape index (κ1) is 13.6. The Morgan fingerprint density at radius 3 is 3.16 bits per heavy atom. The highest BCUT2D eigenvalue weighted by Crippen LogP contribution is 2.32. The van der Waals surface area contributed by atoms with E-state index in [0.717, 1.165) is 36.0 Å². The van der Waals surface area contributed by atoms with Gasteiger partial charge in [0.15, 0.2) is 0 Å². The lowest BCUT2D eigenvalue weighted by Gasteiger charge is -2.24. The number of halogens is 1. The highest BCUT2D eigenvalue weighted by molar-refractivity contribution is 9.09. The summed E-state index contributed by atoms with van der Waals surface area (Å²) in [6.07, 6.45) is 4.58. The molecule has 0 spiro atoms. The molecule has 102 valence electrons. The molecule has 5 heteroatoms. The minimum absolute atomic E-state index is 0.241. The van der Waals surface area contributed by atoms with E-state index in [1.165, 1.54) is 15.8 Å². The van der Waals surface area contributed by atoms with Crippen LogP contribution in [0.3, 0.4) is 0 Å². The summed E-state index contributed by atoms with van der Waals surface area (Å²) in [7, 11) is 0. The topological polar surface area (TPSA) is 20.3 Å². The van der Waals surface area contributed by atoms with Gasteiger partial charge in [-0.3, -0.25) is 4.79 Å². The summed E-state index contributed by atoms with van der Waals surface area (Å²) in [6, 6.07) is 4.62. The fourth-order valence-electron chi connectivity index (χ4n) is 2.73. The maximum Gasteiger partial charge on any atom is 0.264 e. The molecule has 1 aliphatic heterocycles. The van der Waals surface area contributed by atoms with Gasteiger partial charge in [0.25, 0.3) is 5.91 Å². The van der Waals surface area contributed by atoms with Gasteiger partial charge in [0.05, 0.1) is 4.88 Å². The van der Waals surface area contributed by atoms with E-state index < -0.39 is 0 Å². The van der Waals surface area contributed by atoms with E-state index in [1.807, 2.05) is 0 Å². The first-order valence-electron chi connectivity index (χ1n) is 6.63. The summed E-state index contributed by atoms with van der Waals surface area (Å²) in [5.74, 6) is 0.241. The Balaban J connectivity index is 1.77. The van der Waals surface area contributed by atoms with Crippen LogP contribution in [0.2, 0.25) is 0 Å². The number of nitrogens with zero attached hydrogens (tertiary/aromatic N) is 1. The van der Waals surface area contributed by atoms with Gasteiger partial charge in [-0.2, -0.15) is 0 Å². The summed E-state index contributed by atoms with van der Waals surface area (Å²) in [4.78, 5) is 15.6. The molecule has 2 aromatic rings. The van der Waals surface area contributed by atoms with E-state index in [4.69, 9.17) is 0 Å². The third-order valence-corrected chi connectivity index (χ3v) is 6.30. The van der Waals surface area contributed by atoms with Gasteiger partial charge in [-0.25, -0.2) is 0 Å². The SMILES string of the molecule is O=C(c1cc2sccc2s1)N1CCCC1CCCBr. The Labute approximate surface area is 129 Å². The normalized spacial score (nSPS) is 19.4. The number of amides is 1. The van der Waals surface area contributed by atoms with Crippen molar-refractivity contribution in [3.63, 3.8) is 0 Å². The second-order valence-corrected chi connectivity index (χ2v) is 7.71. The highest BCUT2D eigenvalue weighted by atomic mass is 79.9. The smallest absolute Gasteiger partial charge is 0.264 e. The fourth-order valence-corrected chi connectivity index (χ4v) is 5.12. The van der Waals surface area contributed by atoms with Crippen molar-refractivity contribution in [1.82, 2.24) is 4.90 Å². The minimum Gasteiger partial charge on any atom is -0.335 e. The quantitative estimate of drug-likeness (QED) is 0.723. The molecule has 19 heavy (non-hydrogen) atoms. The zero-order valence-electron chi connectivity index (χ0n) is 10.6. The van der Waals surface area contributed by atoms with E-state index in [2.05, 4.69) is 38.3 Å². The molecule has 0 N–H and O–H groups in total. The number of carbonyl (C=O) groups excluding carboxylic acids is 1. The Kier molecular flexibility index (Phi) is 4.24. The van der Waals surface area contributed by atoms with Crippen LogP contribution < -0.4 is 0 Å². The number of hydrogen-bond donors (Lipinski definition) is 0. The first-order chi connectivity index (χ1) is 9.29. The maximum absolute atomic E-state index is 12.6. The molecular formula is C14H16BrNOS2. The maximum atomic E-state index is 12.6. The van der Waals surface area contributed by atoms with Crippen LogP contribution in [0.15, 0.2) is 17.5 Å². The highest BCUT2D eigenvalue weighted by Gasteiger charge is 2.29.